The zero-order chi connectivity index (χ0) is 32.8. The number of carbonyl (C=O) groups is 3. The number of allylic oxidation sites excluding steroid dienone is 1. The summed E-state index contributed by atoms with van der Waals surface area (Å²) >= 11 is 0. The zero-order valence-electron chi connectivity index (χ0n) is 27.8. The number of rotatable bonds is 9. The first-order chi connectivity index (χ1) is 21.2. The third-order valence-electron chi connectivity index (χ3n) is 8.33. The highest BCUT2D eigenvalue weighted by molar-refractivity contribution is 5.83. The summed E-state index contributed by atoms with van der Waals surface area (Å²) in [7, 11) is 0. The first-order valence-electron chi connectivity index (χ1n) is 16.3. The molecule has 1 saturated carbocycles. The van der Waals surface area contributed by atoms with Crippen LogP contribution in [0.4, 0.5) is 4.79 Å². The van der Waals surface area contributed by atoms with Crippen LogP contribution in [-0.4, -0.2) is 64.6 Å². The predicted molar refractivity (Wildman–Crippen MR) is 171 cm³/mol. The van der Waals surface area contributed by atoms with E-state index in [-0.39, 0.29) is 37.4 Å². The molecule has 9 heteroatoms. The van der Waals surface area contributed by atoms with Crippen LogP contribution in [0.1, 0.15) is 109 Å². The molecule has 1 saturated heterocycles. The first-order valence-corrected chi connectivity index (χ1v) is 16.3. The Hall–Kier alpha value is -3.80. The van der Waals surface area contributed by atoms with Crippen molar-refractivity contribution in [2.24, 2.45) is 5.92 Å². The number of esters is 1. The highest BCUT2D eigenvalue weighted by atomic mass is 16.6. The second-order valence-electron chi connectivity index (χ2n) is 14.4. The number of nitrogens with zero attached hydrogens (tertiary/aromatic N) is 3. The van der Waals surface area contributed by atoms with Crippen LogP contribution in [0.2, 0.25) is 0 Å². The van der Waals surface area contributed by atoms with Crippen LogP contribution in [0.5, 0.6) is 0 Å². The van der Waals surface area contributed by atoms with Crippen molar-refractivity contribution in [3.8, 4) is 6.07 Å². The van der Waals surface area contributed by atoms with Crippen molar-refractivity contribution in [3.05, 3.63) is 58.9 Å². The number of ether oxygens (including phenoxy) is 3. The smallest absolute Gasteiger partial charge is 0.410 e. The Morgan fingerprint density at radius 1 is 1.00 bits per heavy atom. The molecule has 0 bridgehead atoms. The molecule has 244 valence electrons. The molecule has 0 radical (unpaired) electrons. The number of hydrogen-bond donors (Lipinski definition) is 0. The van der Waals surface area contributed by atoms with Crippen LogP contribution in [0.15, 0.2) is 42.2 Å². The molecule has 45 heavy (non-hydrogen) atoms. The van der Waals surface area contributed by atoms with Crippen LogP contribution >= 0.6 is 0 Å². The maximum atomic E-state index is 13.5. The van der Waals surface area contributed by atoms with Gasteiger partial charge in [-0.3, -0.25) is 14.5 Å². The fraction of sp³-hybridized carbons (Fsp3) is 0.611. The lowest BCUT2D eigenvalue weighted by Gasteiger charge is -2.31. The molecule has 1 aromatic rings. The molecule has 1 heterocycles. The van der Waals surface area contributed by atoms with E-state index in [2.05, 4.69) is 24.3 Å². The van der Waals surface area contributed by atoms with Crippen molar-refractivity contribution >= 4 is 18.0 Å². The van der Waals surface area contributed by atoms with Gasteiger partial charge in [-0.1, -0.05) is 37.5 Å². The fourth-order valence-electron chi connectivity index (χ4n) is 6.28. The van der Waals surface area contributed by atoms with Gasteiger partial charge >= 0.3 is 12.1 Å². The predicted octanol–water partition coefficient (Wildman–Crippen LogP) is 6.76. The number of fused-ring (bicyclic) bond motifs is 1. The molecule has 1 aromatic carbocycles. The van der Waals surface area contributed by atoms with E-state index in [1.807, 2.05) is 18.2 Å². The van der Waals surface area contributed by atoms with Gasteiger partial charge in [0, 0.05) is 19.0 Å². The summed E-state index contributed by atoms with van der Waals surface area (Å²) in [4.78, 5) is 41.9. The molecule has 3 aliphatic rings. The van der Waals surface area contributed by atoms with Gasteiger partial charge in [0.2, 0.25) is 5.91 Å². The van der Waals surface area contributed by atoms with E-state index >= 15 is 0 Å². The van der Waals surface area contributed by atoms with Crippen molar-refractivity contribution in [2.45, 2.75) is 116 Å². The normalized spacial score (nSPS) is 20.1. The van der Waals surface area contributed by atoms with Gasteiger partial charge in [-0.05, 0) is 96.1 Å². The van der Waals surface area contributed by atoms with Crippen molar-refractivity contribution in [1.29, 1.82) is 5.26 Å². The van der Waals surface area contributed by atoms with E-state index in [9.17, 15) is 19.6 Å². The maximum Gasteiger partial charge on any atom is 0.410 e. The number of hydrogen-bond acceptors (Lipinski definition) is 7. The number of benzene rings is 1. The standard InChI is InChI=1S/C36H49N3O6/c1-35(2,3)44-33(41)17-18-38(34(42)45-36(4,5)6)23-32(40)39-19-16-27-21-29(13-15-31(27)39)43-24-25-12-14-30(28(20-25)22-37)26-10-8-7-9-11-26/h12-15,20-21,26-27,31H,7-11,16-19,23-24H2,1-6H3. The molecule has 9 nitrogen and oxygen atoms in total. The summed E-state index contributed by atoms with van der Waals surface area (Å²) in [6.07, 6.45) is 12.0. The van der Waals surface area contributed by atoms with Gasteiger partial charge in [-0.2, -0.15) is 5.26 Å². The highest BCUT2D eigenvalue weighted by Gasteiger charge is 2.37. The van der Waals surface area contributed by atoms with E-state index in [1.165, 1.54) is 24.2 Å². The van der Waals surface area contributed by atoms with Crippen molar-refractivity contribution in [2.75, 3.05) is 19.6 Å². The van der Waals surface area contributed by atoms with E-state index in [0.29, 0.717) is 19.1 Å². The minimum absolute atomic E-state index is 0.0143. The monoisotopic (exact) mass is 619 g/mol. The zero-order valence-corrected chi connectivity index (χ0v) is 27.8. The Kier molecular flexibility index (Phi) is 11.0. The molecule has 2 fully saturated rings. The maximum absolute atomic E-state index is 13.5. The van der Waals surface area contributed by atoms with Crippen LogP contribution in [0.25, 0.3) is 0 Å². The third-order valence-corrected chi connectivity index (χ3v) is 8.33. The SMILES string of the molecule is CC(C)(C)OC(=O)CCN(CC(=O)N1CCC2C=C(OCc3ccc(C4CCCCC4)c(C#N)c3)C=CC21)C(=O)OC(C)(C)C. The second kappa shape index (κ2) is 14.5. The van der Waals surface area contributed by atoms with Crippen LogP contribution in [0, 0.1) is 17.2 Å². The topological polar surface area (TPSA) is 109 Å². The minimum Gasteiger partial charge on any atom is -0.489 e. The molecule has 2 aliphatic carbocycles. The van der Waals surface area contributed by atoms with Crippen molar-refractivity contribution in [3.63, 3.8) is 0 Å². The lowest BCUT2D eigenvalue weighted by molar-refractivity contribution is -0.155. The molecular formula is C36H49N3O6. The molecule has 1 aliphatic heterocycles. The molecule has 4 rings (SSSR count). The summed E-state index contributed by atoms with van der Waals surface area (Å²) in [6.45, 7) is 11.4. The van der Waals surface area contributed by atoms with Crippen LogP contribution in [0.3, 0.4) is 0 Å². The van der Waals surface area contributed by atoms with Crippen LogP contribution in [-0.2, 0) is 30.4 Å². The van der Waals surface area contributed by atoms with Gasteiger partial charge in [0.1, 0.15) is 30.1 Å². The summed E-state index contributed by atoms with van der Waals surface area (Å²) in [6, 6.07) is 8.37. The number of nitriles is 1. The number of carbonyl (C=O) groups excluding carboxylic acids is 3. The third kappa shape index (κ3) is 9.84. The molecule has 0 N–H and O–H groups in total. The Balaban J connectivity index is 1.34. The summed E-state index contributed by atoms with van der Waals surface area (Å²) in [5, 5.41) is 9.80. The van der Waals surface area contributed by atoms with Gasteiger partial charge in [0.25, 0.3) is 0 Å². The lowest BCUT2D eigenvalue weighted by Crippen LogP contribution is -2.47. The molecule has 2 atom stereocenters. The summed E-state index contributed by atoms with van der Waals surface area (Å²) < 4.78 is 17.1. The molecule has 2 amide bonds. The average molecular weight is 620 g/mol. The Bertz CT molecular complexity index is 1340. The van der Waals surface area contributed by atoms with Gasteiger partial charge in [-0.25, -0.2) is 4.79 Å². The Labute approximate surface area is 268 Å². The minimum atomic E-state index is -0.746. The highest BCUT2D eigenvalue weighted by Crippen LogP contribution is 2.35. The first kappa shape index (κ1) is 34.1. The summed E-state index contributed by atoms with van der Waals surface area (Å²) in [5.74, 6) is 0.657. The largest absolute Gasteiger partial charge is 0.489 e. The Morgan fingerprint density at radius 3 is 2.38 bits per heavy atom. The fourth-order valence-corrected chi connectivity index (χ4v) is 6.28. The molecular weight excluding hydrogens is 570 g/mol. The molecule has 2 unspecified atom stereocenters. The second-order valence-corrected chi connectivity index (χ2v) is 14.4. The van der Waals surface area contributed by atoms with E-state index < -0.39 is 23.3 Å². The van der Waals surface area contributed by atoms with Gasteiger partial charge < -0.3 is 19.1 Å². The number of likely N-dealkylation sites (tertiary alicyclic amines) is 1. The quantitative estimate of drug-likeness (QED) is 0.281. The van der Waals surface area contributed by atoms with Gasteiger partial charge in [0.15, 0.2) is 0 Å². The number of amides is 2. The van der Waals surface area contributed by atoms with E-state index in [1.54, 1.807) is 46.4 Å². The summed E-state index contributed by atoms with van der Waals surface area (Å²) in [5.41, 5.74) is 1.47. The molecule has 0 aromatic heterocycles. The van der Waals surface area contributed by atoms with Crippen molar-refractivity contribution < 1.29 is 28.6 Å². The lowest BCUT2D eigenvalue weighted by atomic mass is 9.82. The van der Waals surface area contributed by atoms with E-state index in [4.69, 9.17) is 14.2 Å². The van der Waals surface area contributed by atoms with Gasteiger partial charge in [0.05, 0.1) is 24.1 Å². The molecule has 0 spiro atoms. The Morgan fingerprint density at radius 2 is 1.71 bits per heavy atom. The average Bonchev–Trinajstić information content (AvgIpc) is 3.40. The van der Waals surface area contributed by atoms with Gasteiger partial charge in [-0.15, -0.1) is 0 Å². The van der Waals surface area contributed by atoms with Crippen molar-refractivity contribution in [1.82, 2.24) is 9.80 Å². The van der Waals surface area contributed by atoms with E-state index in [0.717, 1.165) is 41.7 Å². The van der Waals surface area contributed by atoms with Crippen LogP contribution < -0.4 is 0 Å².